The number of nitrogen functional groups attached to an aromatic ring is 1. The topological polar surface area (TPSA) is 49.9 Å². The Kier molecular flexibility index (Phi) is 2.08. The molecule has 0 aliphatic rings. The second-order valence-electron chi connectivity index (χ2n) is 4.14. The van der Waals surface area contributed by atoms with Crippen LogP contribution in [0.25, 0.3) is 21.5 Å². The number of fused-ring (bicyclic) bond motifs is 2. The van der Waals surface area contributed by atoms with Crippen LogP contribution >= 0.6 is 0 Å². The van der Waals surface area contributed by atoms with Gasteiger partial charge in [-0.2, -0.15) is 0 Å². The van der Waals surface area contributed by atoms with Crippen LogP contribution < -0.4 is 5.73 Å². The van der Waals surface area contributed by atoms with E-state index in [9.17, 15) is 0 Å². The minimum absolute atomic E-state index is 0.117. The van der Waals surface area contributed by atoms with Crippen LogP contribution in [0.4, 0.5) is 0 Å². The second kappa shape index (κ2) is 3.59. The Morgan fingerprint density at radius 3 is 2.18 bits per heavy atom. The van der Waals surface area contributed by atoms with Crippen molar-refractivity contribution in [3.63, 3.8) is 0 Å². The predicted molar refractivity (Wildman–Crippen MR) is 72.5 cm³/mol. The van der Waals surface area contributed by atoms with Crippen molar-refractivity contribution >= 4 is 27.4 Å². The molecule has 0 saturated heterocycles. The molecule has 0 amide bonds. The van der Waals surface area contributed by atoms with Gasteiger partial charge >= 0.3 is 0 Å². The fraction of sp³-hybridized carbons (Fsp3) is 0. The predicted octanol–water partition coefficient (Wildman–Crippen LogP) is 3.28. The third kappa shape index (κ3) is 1.54. The Balaban J connectivity index is 2.47. The smallest absolute Gasteiger partial charge is 0.123 e. The zero-order valence-electron chi connectivity index (χ0n) is 9.27. The first-order valence-corrected chi connectivity index (χ1v) is 5.51. The highest BCUT2D eigenvalue weighted by Gasteiger charge is 2.04. The molecule has 0 radical (unpaired) electrons. The molecular formula is C15H12N2. The Bertz CT molecular complexity index is 729. The lowest BCUT2D eigenvalue weighted by molar-refractivity contribution is 1.44. The third-order valence-corrected chi connectivity index (χ3v) is 3.04. The molecule has 0 atom stereocenters. The molecule has 0 fully saturated rings. The van der Waals surface area contributed by atoms with E-state index in [4.69, 9.17) is 11.1 Å². The maximum absolute atomic E-state index is 7.60. The number of hydrogen-bond acceptors (Lipinski definition) is 1. The molecular weight excluding hydrogens is 208 g/mol. The summed E-state index contributed by atoms with van der Waals surface area (Å²) in [4.78, 5) is 0. The summed E-state index contributed by atoms with van der Waals surface area (Å²) in [6, 6.07) is 18.3. The number of nitrogens with one attached hydrogen (secondary N) is 1. The molecule has 17 heavy (non-hydrogen) atoms. The van der Waals surface area contributed by atoms with Gasteiger partial charge in [-0.1, -0.05) is 42.5 Å². The standard InChI is InChI=1S/C15H12N2/c16-15(17)13-7-3-6-12-8-10-4-1-2-5-11(10)9-14(12)13/h1-9H,(H3,16,17). The van der Waals surface area contributed by atoms with E-state index in [-0.39, 0.29) is 5.84 Å². The fourth-order valence-electron chi connectivity index (χ4n) is 2.20. The lowest BCUT2D eigenvalue weighted by Crippen LogP contribution is -2.11. The van der Waals surface area contributed by atoms with Crippen molar-refractivity contribution in [2.45, 2.75) is 0 Å². The van der Waals surface area contributed by atoms with E-state index < -0.39 is 0 Å². The van der Waals surface area contributed by atoms with Crippen LogP contribution in [0.3, 0.4) is 0 Å². The third-order valence-electron chi connectivity index (χ3n) is 3.04. The van der Waals surface area contributed by atoms with Crippen molar-refractivity contribution in [3.05, 3.63) is 60.2 Å². The summed E-state index contributed by atoms with van der Waals surface area (Å²) < 4.78 is 0. The van der Waals surface area contributed by atoms with Gasteiger partial charge in [0.15, 0.2) is 0 Å². The Labute approximate surface area is 99.2 Å². The molecule has 0 unspecified atom stereocenters. The van der Waals surface area contributed by atoms with Crippen LogP contribution in [-0.2, 0) is 0 Å². The summed E-state index contributed by atoms with van der Waals surface area (Å²) in [5, 5.41) is 12.1. The van der Waals surface area contributed by atoms with Gasteiger partial charge in [-0.15, -0.1) is 0 Å². The van der Waals surface area contributed by atoms with Gasteiger partial charge in [0.2, 0.25) is 0 Å². The van der Waals surface area contributed by atoms with Crippen molar-refractivity contribution in [2.24, 2.45) is 5.73 Å². The highest BCUT2D eigenvalue weighted by Crippen LogP contribution is 2.25. The second-order valence-corrected chi connectivity index (χ2v) is 4.14. The zero-order valence-corrected chi connectivity index (χ0v) is 9.27. The molecule has 0 heterocycles. The molecule has 0 aromatic heterocycles. The van der Waals surface area contributed by atoms with Gasteiger partial charge in [-0.25, -0.2) is 0 Å². The zero-order chi connectivity index (χ0) is 11.8. The largest absolute Gasteiger partial charge is 0.384 e. The average molecular weight is 220 g/mol. The molecule has 0 spiro atoms. The van der Waals surface area contributed by atoms with Gasteiger partial charge in [0, 0.05) is 5.56 Å². The van der Waals surface area contributed by atoms with Crippen LogP contribution in [0.15, 0.2) is 54.6 Å². The first kappa shape index (κ1) is 9.85. The molecule has 82 valence electrons. The average Bonchev–Trinajstić information content (AvgIpc) is 2.35. The van der Waals surface area contributed by atoms with E-state index in [1.165, 1.54) is 10.8 Å². The van der Waals surface area contributed by atoms with Gasteiger partial charge < -0.3 is 5.73 Å². The van der Waals surface area contributed by atoms with Crippen LogP contribution in [0.2, 0.25) is 0 Å². The minimum atomic E-state index is 0.117. The fourth-order valence-corrected chi connectivity index (χ4v) is 2.20. The van der Waals surface area contributed by atoms with E-state index >= 15 is 0 Å². The number of benzene rings is 3. The van der Waals surface area contributed by atoms with E-state index in [1.54, 1.807) is 0 Å². The SMILES string of the molecule is N=C(N)c1cccc2cc3ccccc3cc12. The van der Waals surface area contributed by atoms with Crippen LogP contribution in [0, 0.1) is 5.41 Å². The molecule has 0 saturated carbocycles. The van der Waals surface area contributed by atoms with Crippen molar-refractivity contribution in [1.29, 1.82) is 5.41 Å². The maximum atomic E-state index is 7.60. The molecule has 0 bridgehead atoms. The van der Waals surface area contributed by atoms with E-state index in [0.717, 1.165) is 16.3 Å². The van der Waals surface area contributed by atoms with Gasteiger partial charge in [-0.3, -0.25) is 5.41 Å². The van der Waals surface area contributed by atoms with Crippen molar-refractivity contribution in [2.75, 3.05) is 0 Å². The highest BCUT2D eigenvalue weighted by molar-refractivity contribution is 6.10. The van der Waals surface area contributed by atoms with Crippen molar-refractivity contribution in [3.8, 4) is 0 Å². The maximum Gasteiger partial charge on any atom is 0.123 e. The van der Waals surface area contributed by atoms with Crippen LogP contribution in [-0.4, -0.2) is 5.84 Å². The molecule has 3 aromatic carbocycles. The minimum Gasteiger partial charge on any atom is -0.384 e. The number of nitrogens with two attached hydrogens (primary N) is 1. The molecule has 3 N–H and O–H groups in total. The summed E-state index contributed by atoms with van der Waals surface area (Å²) in [6.45, 7) is 0. The number of amidine groups is 1. The van der Waals surface area contributed by atoms with Crippen molar-refractivity contribution in [1.82, 2.24) is 0 Å². The van der Waals surface area contributed by atoms with Gasteiger partial charge in [0.1, 0.15) is 5.84 Å². The van der Waals surface area contributed by atoms with Gasteiger partial charge in [0.25, 0.3) is 0 Å². The summed E-state index contributed by atoms with van der Waals surface area (Å²) in [5.74, 6) is 0.117. The molecule has 0 aliphatic carbocycles. The highest BCUT2D eigenvalue weighted by atomic mass is 14.7. The summed E-state index contributed by atoms with van der Waals surface area (Å²) in [5.41, 5.74) is 6.41. The summed E-state index contributed by atoms with van der Waals surface area (Å²) in [6.07, 6.45) is 0. The quantitative estimate of drug-likeness (QED) is 0.369. The lowest BCUT2D eigenvalue weighted by atomic mass is 9.99. The first-order valence-electron chi connectivity index (χ1n) is 5.51. The Morgan fingerprint density at radius 1 is 0.824 bits per heavy atom. The Morgan fingerprint density at radius 2 is 1.47 bits per heavy atom. The van der Waals surface area contributed by atoms with Gasteiger partial charge in [0.05, 0.1) is 0 Å². The number of rotatable bonds is 1. The lowest BCUT2D eigenvalue weighted by Gasteiger charge is -2.06. The summed E-state index contributed by atoms with van der Waals surface area (Å²) in [7, 11) is 0. The van der Waals surface area contributed by atoms with Gasteiger partial charge in [-0.05, 0) is 33.7 Å². The normalized spacial score (nSPS) is 10.8. The van der Waals surface area contributed by atoms with E-state index in [2.05, 4.69) is 24.3 Å². The molecule has 2 heteroatoms. The molecule has 3 rings (SSSR count). The van der Waals surface area contributed by atoms with Crippen LogP contribution in [0.5, 0.6) is 0 Å². The molecule has 3 aromatic rings. The first-order chi connectivity index (χ1) is 8.25. The molecule has 2 nitrogen and oxygen atoms in total. The van der Waals surface area contributed by atoms with Crippen molar-refractivity contribution < 1.29 is 0 Å². The summed E-state index contributed by atoms with van der Waals surface area (Å²) >= 11 is 0. The number of hydrogen-bond donors (Lipinski definition) is 2. The van der Waals surface area contributed by atoms with Crippen LogP contribution in [0.1, 0.15) is 5.56 Å². The van der Waals surface area contributed by atoms with E-state index in [1.807, 2.05) is 30.3 Å². The van der Waals surface area contributed by atoms with E-state index in [0.29, 0.717) is 0 Å². The monoisotopic (exact) mass is 220 g/mol. The Hall–Kier alpha value is -2.35. The molecule has 0 aliphatic heterocycles.